The van der Waals surface area contributed by atoms with Crippen LogP contribution in [0.4, 0.5) is 5.82 Å². The predicted octanol–water partition coefficient (Wildman–Crippen LogP) is 1.00. The molecule has 0 aliphatic carbocycles. The third-order valence-corrected chi connectivity index (χ3v) is 6.75. The predicted molar refractivity (Wildman–Crippen MR) is 101 cm³/mol. The maximum absolute atomic E-state index is 12.7. The van der Waals surface area contributed by atoms with Crippen LogP contribution in [0.15, 0.2) is 12.7 Å². The van der Waals surface area contributed by atoms with Gasteiger partial charge in [0.25, 0.3) is 0 Å². The lowest BCUT2D eigenvalue weighted by Gasteiger charge is -2.43. The summed E-state index contributed by atoms with van der Waals surface area (Å²) in [4.78, 5) is 44.5. The molecule has 28 heavy (non-hydrogen) atoms. The van der Waals surface area contributed by atoms with Crippen molar-refractivity contribution in [2.24, 2.45) is 11.8 Å². The Morgan fingerprint density at radius 2 is 1.86 bits per heavy atom. The summed E-state index contributed by atoms with van der Waals surface area (Å²) in [7, 11) is -4.74. The highest BCUT2D eigenvalue weighted by Crippen LogP contribution is 2.59. The number of nitrogen functional groups attached to an aromatic ring is 1. The van der Waals surface area contributed by atoms with Gasteiger partial charge in [0.05, 0.1) is 19.1 Å². The molecule has 0 amide bonds. The molecule has 0 fully saturated rings. The number of hydrogen-bond acceptors (Lipinski definition) is 8. The Balaban J connectivity index is 2.33. The van der Waals surface area contributed by atoms with Gasteiger partial charge in [-0.05, 0) is 11.8 Å². The Morgan fingerprint density at radius 1 is 1.25 bits per heavy atom. The fourth-order valence-electron chi connectivity index (χ4n) is 3.42. The summed E-state index contributed by atoms with van der Waals surface area (Å²) in [5, 5.41) is 7.88. The van der Waals surface area contributed by atoms with Crippen molar-refractivity contribution in [3.05, 3.63) is 12.7 Å². The number of carbonyl (C=O) groups excluding carboxylic acids is 1. The van der Waals surface area contributed by atoms with E-state index in [1.807, 2.05) is 0 Å². The summed E-state index contributed by atoms with van der Waals surface area (Å²) in [6, 6.07) is 0. The maximum Gasteiger partial charge on any atom is 0.357 e. The van der Waals surface area contributed by atoms with Gasteiger partial charge >= 0.3 is 7.60 Å². The number of nitrogens with zero attached hydrogens (tertiary/aromatic N) is 4. The topological polar surface area (TPSA) is 174 Å². The number of aliphatic hydroxyl groups excluding tert-OH is 1. The first-order valence-electron chi connectivity index (χ1n) is 8.76. The van der Waals surface area contributed by atoms with Crippen LogP contribution >= 0.6 is 7.60 Å². The Kier molecular flexibility index (Phi) is 6.57. The SMILES string of the molecule is CC(C)C(O[C@H](CO)CC(=O)n1cnc2c(N)ncnc21)(C(C)C)P(=O)(O)O. The van der Waals surface area contributed by atoms with E-state index >= 15 is 0 Å². The summed E-state index contributed by atoms with van der Waals surface area (Å²) < 4.78 is 19.2. The number of aromatic nitrogens is 4. The number of fused-ring (bicyclic) bond motifs is 1. The third-order valence-electron chi connectivity index (χ3n) is 4.70. The molecule has 12 heteroatoms. The largest absolute Gasteiger partial charge is 0.394 e. The molecule has 0 aliphatic heterocycles. The summed E-state index contributed by atoms with van der Waals surface area (Å²) >= 11 is 0. The second-order valence-corrected chi connectivity index (χ2v) is 8.96. The molecule has 2 heterocycles. The lowest BCUT2D eigenvalue weighted by atomic mass is 9.94. The molecular weight excluding hydrogens is 389 g/mol. The van der Waals surface area contributed by atoms with E-state index in [2.05, 4.69) is 15.0 Å². The standard InChI is InChI=1S/C16H26N5O6P/c1-9(2)16(10(3)4,28(24,25)26)27-11(6-22)5-12(23)21-8-20-13-14(17)18-7-19-15(13)21/h7-11,22H,5-6H2,1-4H3,(H2,17,18,19)(H2,24,25,26)/t11-/m0/s1. The molecule has 0 aromatic carbocycles. The molecule has 0 saturated heterocycles. The van der Waals surface area contributed by atoms with Gasteiger partial charge in [-0.25, -0.2) is 15.0 Å². The quantitative estimate of drug-likeness (QED) is 0.455. The van der Waals surface area contributed by atoms with Crippen LogP contribution in [0.1, 0.15) is 38.9 Å². The van der Waals surface area contributed by atoms with Crippen molar-refractivity contribution < 1.29 is 29.0 Å². The molecule has 0 radical (unpaired) electrons. The minimum absolute atomic E-state index is 0.117. The van der Waals surface area contributed by atoms with E-state index in [0.29, 0.717) is 0 Å². The van der Waals surface area contributed by atoms with Gasteiger partial charge in [-0.2, -0.15) is 0 Å². The summed E-state index contributed by atoms with van der Waals surface area (Å²) in [5.41, 5.74) is 6.16. The number of imidazole rings is 1. The molecule has 0 unspecified atom stereocenters. The van der Waals surface area contributed by atoms with Gasteiger partial charge in [0.1, 0.15) is 12.7 Å². The van der Waals surface area contributed by atoms with E-state index in [0.717, 1.165) is 4.57 Å². The molecular formula is C16H26N5O6P. The molecule has 0 bridgehead atoms. The van der Waals surface area contributed by atoms with Crippen LogP contribution in [0.2, 0.25) is 0 Å². The number of anilines is 1. The smallest absolute Gasteiger partial charge is 0.357 e. The summed E-state index contributed by atoms with van der Waals surface area (Å²) in [6.45, 7) is 5.89. The van der Waals surface area contributed by atoms with Crippen LogP contribution in [0.3, 0.4) is 0 Å². The lowest BCUT2D eigenvalue weighted by Crippen LogP contribution is -2.47. The van der Waals surface area contributed by atoms with Gasteiger partial charge in [-0.15, -0.1) is 0 Å². The zero-order valence-corrected chi connectivity index (χ0v) is 17.1. The number of hydrogen-bond donors (Lipinski definition) is 4. The van der Waals surface area contributed by atoms with Crippen LogP contribution in [-0.2, 0) is 9.30 Å². The number of nitrogens with two attached hydrogens (primary N) is 1. The molecule has 11 nitrogen and oxygen atoms in total. The van der Waals surface area contributed by atoms with E-state index in [1.165, 1.54) is 12.7 Å². The zero-order chi connectivity index (χ0) is 21.3. The highest BCUT2D eigenvalue weighted by molar-refractivity contribution is 7.53. The van der Waals surface area contributed by atoms with Gasteiger partial charge in [0, 0.05) is 0 Å². The van der Waals surface area contributed by atoms with Crippen molar-refractivity contribution in [1.29, 1.82) is 0 Å². The highest BCUT2D eigenvalue weighted by atomic mass is 31.2. The highest BCUT2D eigenvalue weighted by Gasteiger charge is 2.54. The molecule has 2 rings (SSSR count). The minimum atomic E-state index is -4.74. The van der Waals surface area contributed by atoms with Crippen LogP contribution < -0.4 is 5.73 Å². The van der Waals surface area contributed by atoms with Gasteiger partial charge in [-0.3, -0.25) is 13.9 Å². The number of ether oxygens (including phenoxy) is 1. The van der Waals surface area contributed by atoms with Crippen molar-refractivity contribution >= 4 is 30.5 Å². The molecule has 2 aromatic rings. The Hall–Kier alpha value is -1.91. The van der Waals surface area contributed by atoms with Crippen LogP contribution in [0.5, 0.6) is 0 Å². The Bertz CT molecular complexity index is 885. The third kappa shape index (κ3) is 3.94. The van der Waals surface area contributed by atoms with Gasteiger partial charge in [0.2, 0.25) is 5.91 Å². The van der Waals surface area contributed by atoms with Crippen LogP contribution in [0.25, 0.3) is 11.2 Å². The summed E-state index contributed by atoms with van der Waals surface area (Å²) in [5.74, 6) is -1.54. The molecule has 156 valence electrons. The van der Waals surface area contributed by atoms with E-state index in [4.69, 9.17) is 10.5 Å². The first kappa shape index (κ1) is 22.4. The molecule has 1 atom stereocenters. The van der Waals surface area contributed by atoms with Crippen molar-refractivity contribution in [1.82, 2.24) is 19.5 Å². The van der Waals surface area contributed by atoms with Crippen molar-refractivity contribution in [3.8, 4) is 0 Å². The Morgan fingerprint density at radius 3 is 2.36 bits per heavy atom. The van der Waals surface area contributed by atoms with Gasteiger partial charge < -0.3 is 25.4 Å². The number of carbonyl (C=O) groups is 1. The van der Waals surface area contributed by atoms with Crippen molar-refractivity contribution in [2.75, 3.05) is 12.3 Å². The normalized spacial score (nSPS) is 14.2. The van der Waals surface area contributed by atoms with E-state index < -0.39 is 43.4 Å². The Labute approximate surface area is 162 Å². The van der Waals surface area contributed by atoms with E-state index in [1.54, 1.807) is 27.7 Å². The van der Waals surface area contributed by atoms with Gasteiger partial charge in [0.15, 0.2) is 22.3 Å². The first-order chi connectivity index (χ1) is 13.0. The second-order valence-electron chi connectivity index (χ2n) is 7.17. The molecule has 5 N–H and O–H groups in total. The maximum atomic E-state index is 12.7. The molecule has 0 spiro atoms. The average Bonchev–Trinajstić information content (AvgIpc) is 3.02. The first-order valence-corrected chi connectivity index (χ1v) is 10.4. The van der Waals surface area contributed by atoms with E-state index in [-0.39, 0.29) is 23.4 Å². The zero-order valence-electron chi connectivity index (χ0n) is 16.2. The van der Waals surface area contributed by atoms with Crippen molar-refractivity contribution in [2.45, 2.75) is 45.6 Å². The lowest BCUT2D eigenvalue weighted by molar-refractivity contribution is -0.118. The van der Waals surface area contributed by atoms with E-state index in [9.17, 15) is 24.3 Å². The molecule has 0 saturated carbocycles. The van der Waals surface area contributed by atoms with Gasteiger partial charge in [-0.1, -0.05) is 27.7 Å². The minimum Gasteiger partial charge on any atom is -0.394 e. The fraction of sp³-hybridized carbons (Fsp3) is 0.625. The summed E-state index contributed by atoms with van der Waals surface area (Å²) in [6.07, 6.45) is 0.946. The monoisotopic (exact) mass is 415 g/mol. The second kappa shape index (κ2) is 8.22. The van der Waals surface area contributed by atoms with Crippen molar-refractivity contribution in [3.63, 3.8) is 0 Å². The number of aliphatic hydroxyl groups is 1. The fourth-order valence-corrected chi connectivity index (χ4v) is 5.05. The van der Waals surface area contributed by atoms with Crippen LogP contribution in [-0.4, -0.2) is 58.4 Å². The van der Waals surface area contributed by atoms with Crippen LogP contribution in [0, 0.1) is 11.8 Å². The average molecular weight is 415 g/mol. The number of rotatable bonds is 8. The molecule has 0 aliphatic rings. The molecule has 2 aromatic heterocycles.